The first kappa shape index (κ1) is 23.5. The van der Waals surface area contributed by atoms with Crippen molar-refractivity contribution in [2.45, 2.75) is 24.9 Å². The predicted molar refractivity (Wildman–Crippen MR) is 148 cm³/mol. The van der Waals surface area contributed by atoms with E-state index in [-0.39, 0.29) is 17.3 Å². The average molecular weight is 514 g/mol. The minimum atomic E-state index is -1.56. The van der Waals surface area contributed by atoms with Crippen LogP contribution in [0.3, 0.4) is 0 Å². The number of carbonyl (C=O) groups excluding carboxylic acids is 3. The van der Waals surface area contributed by atoms with Crippen molar-refractivity contribution in [3.8, 4) is 0 Å². The van der Waals surface area contributed by atoms with Crippen LogP contribution in [0, 0.1) is 18.2 Å². The summed E-state index contributed by atoms with van der Waals surface area (Å²) in [7, 11) is 0. The molecule has 4 nitrogen and oxygen atoms in total. The Hall–Kier alpha value is -4.64. The first-order chi connectivity index (χ1) is 18.9. The van der Waals surface area contributed by atoms with Crippen molar-refractivity contribution < 1.29 is 18.8 Å². The van der Waals surface area contributed by atoms with Crippen molar-refractivity contribution in [3.05, 3.63) is 142 Å². The van der Waals surface area contributed by atoms with E-state index in [1.54, 1.807) is 48.5 Å². The molecule has 5 heteroatoms. The smallest absolute Gasteiger partial charge is 0.185 e. The van der Waals surface area contributed by atoms with Gasteiger partial charge in [-0.05, 0) is 30.7 Å². The minimum Gasteiger partial charge on any atom is -0.352 e. The van der Waals surface area contributed by atoms with Crippen LogP contribution in [0.2, 0.25) is 0 Å². The summed E-state index contributed by atoms with van der Waals surface area (Å²) in [6, 6.07) is 26.5. The fourth-order valence-corrected chi connectivity index (χ4v) is 6.87. The Morgan fingerprint density at radius 2 is 1.46 bits per heavy atom. The Kier molecular flexibility index (Phi) is 5.08. The monoisotopic (exact) mass is 513 g/mol. The number of Topliss-reactive ketones (excluding diaryl/α,β-unsaturated/α-hetero) is 3. The quantitative estimate of drug-likeness (QED) is 0.233. The third-order valence-electron chi connectivity index (χ3n) is 8.53. The van der Waals surface area contributed by atoms with E-state index < -0.39 is 29.2 Å². The molecule has 1 spiro atoms. The zero-order chi connectivity index (χ0) is 26.9. The molecular formula is C34H24FNO3. The summed E-state index contributed by atoms with van der Waals surface area (Å²) in [4.78, 5) is 45.5. The Bertz CT molecular complexity index is 1670. The highest BCUT2D eigenvalue weighted by Crippen LogP contribution is 2.60. The van der Waals surface area contributed by atoms with E-state index >= 15 is 0 Å². The Balaban J connectivity index is 1.54. The van der Waals surface area contributed by atoms with Gasteiger partial charge < -0.3 is 4.90 Å². The molecule has 190 valence electrons. The minimum absolute atomic E-state index is 0.187. The SMILES string of the molecule is Cc1ccc(C(=O)[C@@H]2[C@@H](c3ccccc3)C3(C(=O)c4ccccc4C3=O)[C@@H]3C=Cc4cc(F)ccc4N23)cc1. The van der Waals surface area contributed by atoms with Gasteiger partial charge in [0.05, 0.1) is 6.04 Å². The van der Waals surface area contributed by atoms with Crippen molar-refractivity contribution in [3.63, 3.8) is 0 Å². The molecule has 1 fully saturated rings. The van der Waals surface area contributed by atoms with E-state index in [0.29, 0.717) is 27.9 Å². The highest BCUT2D eigenvalue weighted by molar-refractivity contribution is 6.32. The number of benzene rings is 4. The largest absolute Gasteiger partial charge is 0.352 e. The van der Waals surface area contributed by atoms with E-state index in [1.165, 1.54) is 12.1 Å². The van der Waals surface area contributed by atoms with Crippen LogP contribution in [0.15, 0.2) is 103 Å². The molecular weight excluding hydrogens is 489 g/mol. The first-order valence-corrected chi connectivity index (χ1v) is 13.0. The molecule has 39 heavy (non-hydrogen) atoms. The summed E-state index contributed by atoms with van der Waals surface area (Å²) in [5.41, 5.74) is 2.69. The average Bonchev–Trinajstić information content (AvgIpc) is 3.39. The molecule has 0 radical (unpaired) electrons. The van der Waals surface area contributed by atoms with Gasteiger partial charge in [-0.1, -0.05) is 96.6 Å². The van der Waals surface area contributed by atoms with Crippen LogP contribution in [0.5, 0.6) is 0 Å². The second-order valence-electron chi connectivity index (χ2n) is 10.6. The van der Waals surface area contributed by atoms with Gasteiger partial charge in [0.25, 0.3) is 0 Å². The van der Waals surface area contributed by atoms with E-state index in [4.69, 9.17) is 0 Å². The molecule has 4 aromatic carbocycles. The summed E-state index contributed by atoms with van der Waals surface area (Å²) in [6.07, 6.45) is 3.58. The van der Waals surface area contributed by atoms with Gasteiger partial charge in [-0.2, -0.15) is 0 Å². The lowest BCUT2D eigenvalue weighted by atomic mass is 9.64. The van der Waals surface area contributed by atoms with Gasteiger partial charge >= 0.3 is 0 Å². The fraction of sp³-hybridized carbons (Fsp3) is 0.147. The Labute approximate surface area is 225 Å². The zero-order valence-electron chi connectivity index (χ0n) is 21.2. The third kappa shape index (κ3) is 3.13. The van der Waals surface area contributed by atoms with Gasteiger partial charge in [0.2, 0.25) is 0 Å². The normalized spacial score (nSPS) is 22.1. The summed E-state index contributed by atoms with van der Waals surface area (Å²) in [5, 5.41) is 0. The van der Waals surface area contributed by atoms with Crippen molar-refractivity contribution in [2.24, 2.45) is 5.41 Å². The maximum Gasteiger partial charge on any atom is 0.185 e. The van der Waals surface area contributed by atoms with Gasteiger partial charge in [0.15, 0.2) is 17.3 Å². The van der Waals surface area contributed by atoms with E-state index in [0.717, 1.165) is 11.1 Å². The first-order valence-electron chi connectivity index (χ1n) is 13.0. The van der Waals surface area contributed by atoms with Gasteiger partial charge in [-0.3, -0.25) is 14.4 Å². The number of hydrogen-bond donors (Lipinski definition) is 0. The van der Waals surface area contributed by atoms with Crippen LogP contribution in [0.25, 0.3) is 6.08 Å². The molecule has 3 atom stereocenters. The van der Waals surface area contributed by atoms with E-state index in [9.17, 15) is 18.8 Å². The zero-order valence-corrected chi connectivity index (χ0v) is 21.2. The Morgan fingerprint density at radius 1 is 0.821 bits per heavy atom. The standard InChI is InChI=1S/C34H24FNO3/c1-20-11-13-22(14-12-20)31(37)30-29(21-7-3-2-4-8-21)34(32(38)25-9-5-6-10-26(25)33(34)39)28-18-15-23-19-24(35)16-17-27(23)36(28)30/h2-19,28-30H,1H3/t28-,29+,30-/m0/s1. The number of anilines is 1. The lowest BCUT2D eigenvalue weighted by Crippen LogP contribution is -2.48. The number of fused-ring (bicyclic) bond motifs is 5. The second-order valence-corrected chi connectivity index (χ2v) is 10.6. The van der Waals surface area contributed by atoms with Crippen LogP contribution in [-0.2, 0) is 0 Å². The lowest BCUT2D eigenvalue weighted by molar-refractivity contribution is 0.0666. The van der Waals surface area contributed by atoms with Crippen molar-refractivity contribution in [1.82, 2.24) is 0 Å². The second kappa shape index (κ2) is 8.43. The van der Waals surface area contributed by atoms with E-state index in [2.05, 4.69) is 0 Å². The number of hydrogen-bond acceptors (Lipinski definition) is 4. The molecule has 4 aromatic rings. The fourth-order valence-electron chi connectivity index (χ4n) is 6.87. The van der Waals surface area contributed by atoms with Crippen LogP contribution in [0.1, 0.15) is 53.7 Å². The van der Waals surface area contributed by atoms with Gasteiger partial charge in [-0.15, -0.1) is 0 Å². The molecule has 7 rings (SSSR count). The number of nitrogens with zero attached hydrogens (tertiary/aromatic N) is 1. The van der Waals surface area contributed by atoms with Crippen LogP contribution < -0.4 is 4.90 Å². The van der Waals surface area contributed by atoms with E-state index in [1.807, 2.05) is 60.4 Å². The van der Waals surface area contributed by atoms with Crippen LogP contribution >= 0.6 is 0 Å². The molecule has 1 aliphatic carbocycles. The Morgan fingerprint density at radius 3 is 2.13 bits per heavy atom. The molecule has 0 amide bonds. The molecule has 2 heterocycles. The molecule has 0 unspecified atom stereocenters. The van der Waals surface area contributed by atoms with Gasteiger partial charge in [-0.25, -0.2) is 4.39 Å². The topological polar surface area (TPSA) is 54.5 Å². The molecule has 0 N–H and O–H groups in total. The summed E-state index contributed by atoms with van der Waals surface area (Å²) in [6.45, 7) is 1.95. The predicted octanol–water partition coefficient (Wildman–Crippen LogP) is 6.45. The van der Waals surface area contributed by atoms with Gasteiger partial charge in [0, 0.05) is 33.9 Å². The van der Waals surface area contributed by atoms with Crippen molar-refractivity contribution >= 4 is 29.1 Å². The molecule has 0 bridgehead atoms. The molecule has 1 saturated heterocycles. The number of carbonyl (C=O) groups is 3. The highest BCUT2D eigenvalue weighted by atomic mass is 19.1. The highest BCUT2D eigenvalue weighted by Gasteiger charge is 2.71. The lowest BCUT2D eigenvalue weighted by Gasteiger charge is -2.37. The summed E-state index contributed by atoms with van der Waals surface area (Å²) in [5.74, 6) is -1.91. The number of rotatable bonds is 3. The number of ketones is 3. The van der Waals surface area contributed by atoms with Gasteiger partial charge in [0.1, 0.15) is 17.3 Å². The maximum absolute atomic E-state index is 14.5. The molecule has 0 saturated carbocycles. The van der Waals surface area contributed by atoms with Crippen molar-refractivity contribution in [1.29, 1.82) is 0 Å². The summed E-state index contributed by atoms with van der Waals surface area (Å²) < 4.78 is 14.3. The third-order valence-corrected chi connectivity index (χ3v) is 8.53. The summed E-state index contributed by atoms with van der Waals surface area (Å²) >= 11 is 0. The van der Waals surface area contributed by atoms with Crippen LogP contribution in [0.4, 0.5) is 10.1 Å². The van der Waals surface area contributed by atoms with Crippen LogP contribution in [-0.4, -0.2) is 29.4 Å². The molecule has 2 aliphatic heterocycles. The maximum atomic E-state index is 14.5. The number of aryl methyl sites for hydroxylation is 1. The van der Waals surface area contributed by atoms with Crippen molar-refractivity contribution in [2.75, 3.05) is 4.90 Å². The number of halogens is 1. The molecule has 3 aliphatic rings. The molecule has 0 aromatic heterocycles.